The molecule has 0 aliphatic carbocycles. The van der Waals surface area contributed by atoms with Crippen LogP contribution < -0.4 is 15.6 Å². The molecule has 2 aromatic rings. The maximum absolute atomic E-state index is 12.8. The second-order valence-electron chi connectivity index (χ2n) is 5.14. The molecule has 0 unspecified atom stereocenters. The monoisotopic (exact) mass is 330 g/mol. The van der Waals surface area contributed by atoms with E-state index in [9.17, 15) is 14.0 Å². The van der Waals surface area contributed by atoms with E-state index in [-0.39, 0.29) is 5.56 Å². The molecule has 0 aromatic heterocycles. The number of unbranched alkanes of at least 4 members (excludes halogenated alkanes) is 1. The summed E-state index contributed by atoms with van der Waals surface area (Å²) in [5, 5.41) is 0. The summed E-state index contributed by atoms with van der Waals surface area (Å²) in [5.74, 6) is -0.722. The summed E-state index contributed by atoms with van der Waals surface area (Å²) < 4.78 is 18.3. The Morgan fingerprint density at radius 3 is 1.92 bits per heavy atom. The van der Waals surface area contributed by atoms with Crippen LogP contribution in [0.15, 0.2) is 48.5 Å². The van der Waals surface area contributed by atoms with E-state index in [0.29, 0.717) is 17.9 Å². The number of halogens is 1. The van der Waals surface area contributed by atoms with Gasteiger partial charge < -0.3 is 4.74 Å². The van der Waals surface area contributed by atoms with Gasteiger partial charge in [0.05, 0.1) is 6.61 Å². The summed E-state index contributed by atoms with van der Waals surface area (Å²) in [6.45, 7) is 2.72. The maximum Gasteiger partial charge on any atom is 0.269 e. The zero-order valence-corrected chi connectivity index (χ0v) is 13.3. The molecular formula is C18H19FN2O3. The first-order valence-corrected chi connectivity index (χ1v) is 7.69. The molecule has 2 rings (SSSR count). The van der Waals surface area contributed by atoms with E-state index < -0.39 is 17.6 Å². The summed E-state index contributed by atoms with van der Waals surface area (Å²) >= 11 is 0. The highest BCUT2D eigenvalue weighted by molar-refractivity contribution is 5.99. The average Bonchev–Trinajstić information content (AvgIpc) is 2.61. The van der Waals surface area contributed by atoms with Gasteiger partial charge in [-0.25, -0.2) is 4.39 Å². The molecule has 0 saturated carbocycles. The van der Waals surface area contributed by atoms with Gasteiger partial charge in [0, 0.05) is 11.1 Å². The molecule has 0 saturated heterocycles. The van der Waals surface area contributed by atoms with Crippen LogP contribution in [0, 0.1) is 5.82 Å². The molecule has 2 aromatic carbocycles. The highest BCUT2D eigenvalue weighted by atomic mass is 19.1. The number of ether oxygens (including phenoxy) is 1. The molecule has 0 heterocycles. The third-order valence-corrected chi connectivity index (χ3v) is 3.28. The minimum absolute atomic E-state index is 0.247. The molecular weight excluding hydrogens is 311 g/mol. The van der Waals surface area contributed by atoms with Gasteiger partial charge in [0.1, 0.15) is 11.6 Å². The van der Waals surface area contributed by atoms with Crippen molar-refractivity contribution in [3.05, 3.63) is 65.5 Å². The molecule has 5 nitrogen and oxygen atoms in total. The Kier molecular flexibility index (Phi) is 6.31. The number of hydrazine groups is 1. The van der Waals surface area contributed by atoms with Crippen LogP contribution in [-0.2, 0) is 0 Å². The summed E-state index contributed by atoms with van der Waals surface area (Å²) in [6.07, 6.45) is 2.02. The second kappa shape index (κ2) is 8.67. The average molecular weight is 330 g/mol. The maximum atomic E-state index is 12.8. The molecule has 2 amide bonds. The molecule has 0 bridgehead atoms. The first-order valence-electron chi connectivity index (χ1n) is 7.69. The van der Waals surface area contributed by atoms with Crippen LogP contribution in [0.1, 0.15) is 40.5 Å². The van der Waals surface area contributed by atoms with E-state index in [0.717, 1.165) is 12.8 Å². The van der Waals surface area contributed by atoms with Crippen LogP contribution >= 0.6 is 0 Å². The minimum atomic E-state index is -0.525. The van der Waals surface area contributed by atoms with Gasteiger partial charge in [0.15, 0.2) is 0 Å². The van der Waals surface area contributed by atoms with Gasteiger partial charge in [0.25, 0.3) is 11.8 Å². The topological polar surface area (TPSA) is 67.4 Å². The molecule has 6 heteroatoms. The number of benzene rings is 2. The summed E-state index contributed by atoms with van der Waals surface area (Å²) in [7, 11) is 0. The van der Waals surface area contributed by atoms with Crippen molar-refractivity contribution < 1.29 is 18.7 Å². The zero-order chi connectivity index (χ0) is 17.4. The molecule has 2 N–H and O–H groups in total. The number of rotatable bonds is 6. The van der Waals surface area contributed by atoms with Crippen molar-refractivity contribution in [1.29, 1.82) is 0 Å². The Morgan fingerprint density at radius 1 is 0.917 bits per heavy atom. The van der Waals surface area contributed by atoms with Gasteiger partial charge in [-0.3, -0.25) is 20.4 Å². The quantitative estimate of drug-likeness (QED) is 0.632. The first kappa shape index (κ1) is 17.5. The highest BCUT2D eigenvalue weighted by Crippen LogP contribution is 2.12. The third-order valence-electron chi connectivity index (χ3n) is 3.28. The van der Waals surface area contributed by atoms with Crippen molar-refractivity contribution in [2.45, 2.75) is 19.8 Å². The van der Waals surface area contributed by atoms with Crippen LogP contribution in [0.3, 0.4) is 0 Å². The minimum Gasteiger partial charge on any atom is -0.494 e. The highest BCUT2D eigenvalue weighted by Gasteiger charge is 2.09. The lowest BCUT2D eigenvalue weighted by Gasteiger charge is -2.09. The molecule has 0 spiro atoms. The predicted molar refractivity (Wildman–Crippen MR) is 88.2 cm³/mol. The summed E-state index contributed by atoms with van der Waals surface area (Å²) in [4.78, 5) is 23.8. The largest absolute Gasteiger partial charge is 0.494 e. The van der Waals surface area contributed by atoms with Crippen molar-refractivity contribution in [2.75, 3.05) is 6.61 Å². The Balaban J connectivity index is 1.85. The Morgan fingerprint density at radius 2 is 1.42 bits per heavy atom. The molecule has 0 radical (unpaired) electrons. The first-order chi connectivity index (χ1) is 11.6. The van der Waals surface area contributed by atoms with Crippen molar-refractivity contribution in [2.24, 2.45) is 0 Å². The summed E-state index contributed by atoms with van der Waals surface area (Å²) in [6, 6.07) is 11.6. The van der Waals surface area contributed by atoms with Gasteiger partial charge in [-0.2, -0.15) is 0 Å². The number of nitrogens with one attached hydrogen (secondary N) is 2. The van der Waals surface area contributed by atoms with E-state index in [1.807, 2.05) is 0 Å². The van der Waals surface area contributed by atoms with Crippen LogP contribution in [0.2, 0.25) is 0 Å². The fourth-order valence-corrected chi connectivity index (χ4v) is 1.90. The van der Waals surface area contributed by atoms with Crippen LogP contribution in [-0.4, -0.2) is 18.4 Å². The molecule has 126 valence electrons. The Bertz CT molecular complexity index is 684. The van der Waals surface area contributed by atoms with Gasteiger partial charge in [-0.15, -0.1) is 0 Å². The summed E-state index contributed by atoms with van der Waals surface area (Å²) in [5.41, 5.74) is 5.22. The van der Waals surface area contributed by atoms with Gasteiger partial charge in [0.2, 0.25) is 0 Å². The fraction of sp³-hybridized carbons (Fsp3) is 0.222. The lowest BCUT2D eigenvalue weighted by atomic mass is 10.2. The van der Waals surface area contributed by atoms with Crippen LogP contribution in [0.4, 0.5) is 4.39 Å². The van der Waals surface area contributed by atoms with Crippen molar-refractivity contribution >= 4 is 11.8 Å². The molecule has 24 heavy (non-hydrogen) atoms. The predicted octanol–water partition coefficient (Wildman–Crippen LogP) is 3.08. The van der Waals surface area contributed by atoms with E-state index in [1.54, 1.807) is 24.3 Å². The molecule has 0 atom stereocenters. The van der Waals surface area contributed by atoms with Crippen LogP contribution in [0.25, 0.3) is 0 Å². The second-order valence-corrected chi connectivity index (χ2v) is 5.14. The zero-order valence-electron chi connectivity index (χ0n) is 13.3. The van der Waals surface area contributed by atoms with Crippen molar-refractivity contribution in [3.63, 3.8) is 0 Å². The van der Waals surface area contributed by atoms with E-state index in [2.05, 4.69) is 17.8 Å². The van der Waals surface area contributed by atoms with E-state index >= 15 is 0 Å². The number of hydrogen-bond acceptors (Lipinski definition) is 3. The normalized spacial score (nSPS) is 10.1. The van der Waals surface area contributed by atoms with E-state index in [1.165, 1.54) is 24.3 Å². The smallest absolute Gasteiger partial charge is 0.269 e. The molecule has 0 aliphatic heterocycles. The number of hydrogen-bond donors (Lipinski definition) is 2. The fourth-order valence-electron chi connectivity index (χ4n) is 1.90. The Labute approximate surface area is 139 Å². The lowest BCUT2D eigenvalue weighted by molar-refractivity contribution is 0.0846. The number of carbonyl (C=O) groups excluding carboxylic acids is 2. The van der Waals surface area contributed by atoms with Crippen molar-refractivity contribution in [1.82, 2.24) is 10.9 Å². The number of carbonyl (C=O) groups is 2. The lowest BCUT2D eigenvalue weighted by Crippen LogP contribution is -2.41. The Hall–Kier alpha value is -2.89. The van der Waals surface area contributed by atoms with E-state index in [4.69, 9.17) is 4.74 Å². The van der Waals surface area contributed by atoms with Gasteiger partial charge >= 0.3 is 0 Å². The molecule has 0 aliphatic rings. The van der Waals surface area contributed by atoms with Crippen molar-refractivity contribution in [3.8, 4) is 5.75 Å². The third kappa shape index (κ3) is 5.08. The SMILES string of the molecule is CCCCOc1ccc(C(=O)NNC(=O)c2ccc(F)cc2)cc1. The molecule has 0 fully saturated rings. The standard InChI is InChI=1S/C18H19FN2O3/c1-2-3-12-24-16-10-6-14(7-11-16)18(23)21-20-17(22)13-4-8-15(19)9-5-13/h4-11H,2-3,12H2,1H3,(H,20,22)(H,21,23). The van der Waals surface area contributed by atoms with Gasteiger partial charge in [-0.1, -0.05) is 13.3 Å². The number of amides is 2. The van der Waals surface area contributed by atoms with Crippen LogP contribution in [0.5, 0.6) is 5.75 Å². The van der Waals surface area contributed by atoms with Gasteiger partial charge in [-0.05, 0) is 55.0 Å².